The number of carbonyl (C=O) groups is 1. The average Bonchev–Trinajstić information content (AvgIpc) is 3.20. The molecule has 0 radical (unpaired) electrons. The van der Waals surface area contributed by atoms with E-state index in [1.165, 1.54) is 6.07 Å². The summed E-state index contributed by atoms with van der Waals surface area (Å²) in [4.78, 5) is 14.3. The van der Waals surface area contributed by atoms with Crippen LogP contribution in [0.15, 0.2) is 6.07 Å². The molecule has 0 unspecified atom stereocenters. The zero-order valence-electron chi connectivity index (χ0n) is 12.8. The van der Waals surface area contributed by atoms with Crippen molar-refractivity contribution in [3.8, 4) is 0 Å². The lowest BCUT2D eigenvalue weighted by molar-refractivity contribution is -0.141. The van der Waals surface area contributed by atoms with Crippen molar-refractivity contribution in [1.29, 1.82) is 0 Å². The van der Waals surface area contributed by atoms with Crippen LogP contribution in [-0.4, -0.2) is 52.3 Å². The van der Waals surface area contributed by atoms with Crippen LogP contribution in [0.1, 0.15) is 34.6 Å². The fraction of sp³-hybridized carbons (Fsp3) is 0.667. The fourth-order valence-corrected chi connectivity index (χ4v) is 2.73. The van der Waals surface area contributed by atoms with Crippen molar-refractivity contribution < 1.29 is 23.1 Å². The molecular formula is C15H21F3N2O2. The van der Waals surface area contributed by atoms with Crippen molar-refractivity contribution in [1.82, 2.24) is 9.47 Å². The molecule has 124 valence electrons. The minimum absolute atomic E-state index is 0.0309. The molecule has 1 N–H and O–H groups in total. The number of alkyl halides is 3. The van der Waals surface area contributed by atoms with E-state index in [2.05, 4.69) is 0 Å². The van der Waals surface area contributed by atoms with Gasteiger partial charge in [-0.05, 0) is 32.8 Å². The van der Waals surface area contributed by atoms with Gasteiger partial charge in [-0.2, -0.15) is 13.2 Å². The molecule has 1 aliphatic carbocycles. The maximum atomic E-state index is 12.6. The number of nitrogens with zero attached hydrogens (tertiary/aromatic N) is 2. The summed E-state index contributed by atoms with van der Waals surface area (Å²) in [5, 5.41) is 9.05. The molecule has 4 nitrogen and oxygen atoms in total. The predicted molar refractivity (Wildman–Crippen MR) is 76.0 cm³/mol. The molecule has 7 heteroatoms. The van der Waals surface area contributed by atoms with E-state index in [1.54, 1.807) is 13.8 Å². The third-order valence-electron chi connectivity index (χ3n) is 4.01. The summed E-state index contributed by atoms with van der Waals surface area (Å²) in [5.41, 5.74) is 1.11. The Balaban J connectivity index is 2.14. The van der Waals surface area contributed by atoms with Gasteiger partial charge < -0.3 is 9.67 Å². The van der Waals surface area contributed by atoms with Crippen LogP contribution in [-0.2, 0) is 6.54 Å². The van der Waals surface area contributed by atoms with Crippen molar-refractivity contribution in [2.45, 2.75) is 45.5 Å². The van der Waals surface area contributed by atoms with Gasteiger partial charge in [0.05, 0.1) is 13.2 Å². The molecule has 1 fully saturated rings. The molecule has 2 rings (SSSR count). The highest BCUT2D eigenvalue weighted by atomic mass is 19.4. The van der Waals surface area contributed by atoms with Crippen molar-refractivity contribution in [2.75, 3.05) is 19.7 Å². The van der Waals surface area contributed by atoms with Gasteiger partial charge in [0.2, 0.25) is 0 Å². The number of Topliss-reactive ketones (excluding diaryl/α,β-unsaturated/α-hetero) is 1. The standard InChI is InChI=1S/C15H21F3N2O2/c1-10-7-13(11(2)20(10)9-15(16,17)18)14(22)8-19(5-6-21)12-3-4-12/h7,12,21H,3-6,8-9H2,1-2H3. The number of halogens is 3. The van der Waals surface area contributed by atoms with E-state index in [-0.39, 0.29) is 18.9 Å². The topological polar surface area (TPSA) is 45.5 Å². The molecule has 1 aliphatic rings. The van der Waals surface area contributed by atoms with E-state index >= 15 is 0 Å². The maximum absolute atomic E-state index is 12.6. The number of rotatable bonds is 7. The molecule has 0 atom stereocenters. The van der Waals surface area contributed by atoms with E-state index in [9.17, 15) is 18.0 Å². The Hall–Kier alpha value is -1.34. The largest absolute Gasteiger partial charge is 0.406 e. The molecule has 0 bridgehead atoms. The van der Waals surface area contributed by atoms with Crippen LogP contribution in [0.3, 0.4) is 0 Å². The number of aromatic nitrogens is 1. The highest BCUT2D eigenvalue weighted by Gasteiger charge is 2.32. The molecule has 1 aromatic heterocycles. The van der Waals surface area contributed by atoms with E-state index in [0.29, 0.717) is 29.5 Å². The number of carbonyl (C=O) groups excluding carboxylic acids is 1. The second-order valence-corrected chi connectivity index (χ2v) is 5.83. The van der Waals surface area contributed by atoms with Crippen LogP contribution in [0.25, 0.3) is 0 Å². The first kappa shape index (κ1) is 17.0. The maximum Gasteiger partial charge on any atom is 0.406 e. The zero-order chi connectivity index (χ0) is 16.5. The lowest BCUT2D eigenvalue weighted by Gasteiger charge is -2.19. The summed E-state index contributed by atoms with van der Waals surface area (Å²) in [7, 11) is 0. The van der Waals surface area contributed by atoms with Gasteiger partial charge in [0.15, 0.2) is 5.78 Å². The van der Waals surface area contributed by atoms with Crippen molar-refractivity contribution >= 4 is 5.78 Å². The van der Waals surface area contributed by atoms with Crippen molar-refractivity contribution in [3.63, 3.8) is 0 Å². The summed E-state index contributed by atoms with van der Waals surface area (Å²) in [6.07, 6.45) is -2.31. The van der Waals surface area contributed by atoms with Crippen LogP contribution in [0, 0.1) is 13.8 Å². The van der Waals surface area contributed by atoms with E-state index in [4.69, 9.17) is 5.11 Å². The number of aliphatic hydroxyl groups is 1. The van der Waals surface area contributed by atoms with Crippen LogP contribution in [0.2, 0.25) is 0 Å². The molecule has 1 saturated carbocycles. The number of hydrogen-bond acceptors (Lipinski definition) is 3. The van der Waals surface area contributed by atoms with Crippen LogP contribution in [0.5, 0.6) is 0 Å². The first-order valence-electron chi connectivity index (χ1n) is 7.34. The third kappa shape index (κ3) is 4.10. The lowest BCUT2D eigenvalue weighted by Crippen LogP contribution is -2.34. The molecule has 0 aromatic carbocycles. The van der Waals surface area contributed by atoms with Gasteiger partial charge in [-0.25, -0.2) is 0 Å². The minimum Gasteiger partial charge on any atom is -0.395 e. The summed E-state index contributed by atoms with van der Waals surface area (Å²) in [6.45, 7) is 2.55. The van der Waals surface area contributed by atoms with Gasteiger partial charge in [0, 0.05) is 29.5 Å². The molecule has 1 heterocycles. The molecular weight excluding hydrogens is 297 g/mol. The Morgan fingerprint density at radius 1 is 1.41 bits per heavy atom. The second-order valence-electron chi connectivity index (χ2n) is 5.83. The van der Waals surface area contributed by atoms with E-state index in [1.807, 2.05) is 4.90 Å². The van der Waals surface area contributed by atoms with Gasteiger partial charge in [0.25, 0.3) is 0 Å². The van der Waals surface area contributed by atoms with Gasteiger partial charge in [0.1, 0.15) is 6.54 Å². The van der Waals surface area contributed by atoms with Crippen molar-refractivity contribution in [3.05, 3.63) is 23.0 Å². The monoisotopic (exact) mass is 318 g/mol. The minimum atomic E-state index is -4.31. The number of ketones is 1. The third-order valence-corrected chi connectivity index (χ3v) is 4.01. The Bertz CT molecular complexity index is 548. The summed E-state index contributed by atoms with van der Waals surface area (Å²) < 4.78 is 38.9. The highest BCUT2D eigenvalue weighted by Crippen LogP contribution is 2.28. The quantitative estimate of drug-likeness (QED) is 0.785. The zero-order valence-corrected chi connectivity index (χ0v) is 12.8. The first-order valence-corrected chi connectivity index (χ1v) is 7.34. The molecule has 1 aromatic rings. The number of aliphatic hydroxyl groups excluding tert-OH is 1. The van der Waals surface area contributed by atoms with E-state index < -0.39 is 12.7 Å². The fourth-order valence-electron chi connectivity index (χ4n) is 2.73. The number of hydrogen-bond donors (Lipinski definition) is 1. The molecule has 0 saturated heterocycles. The molecule has 22 heavy (non-hydrogen) atoms. The Kier molecular flexibility index (Phi) is 4.97. The summed E-state index contributed by atoms with van der Waals surface area (Å²) in [6, 6.07) is 1.84. The van der Waals surface area contributed by atoms with Crippen LogP contribution < -0.4 is 0 Å². The second kappa shape index (κ2) is 6.42. The summed E-state index contributed by atoms with van der Waals surface area (Å²) in [5.74, 6) is -0.193. The first-order chi connectivity index (χ1) is 10.2. The van der Waals surface area contributed by atoms with Gasteiger partial charge in [-0.1, -0.05) is 0 Å². The summed E-state index contributed by atoms with van der Waals surface area (Å²) >= 11 is 0. The van der Waals surface area contributed by atoms with Gasteiger partial charge in [-0.15, -0.1) is 0 Å². The smallest absolute Gasteiger partial charge is 0.395 e. The van der Waals surface area contributed by atoms with E-state index in [0.717, 1.165) is 17.4 Å². The average molecular weight is 318 g/mol. The lowest BCUT2D eigenvalue weighted by atomic mass is 10.1. The van der Waals surface area contributed by atoms with Gasteiger partial charge in [-0.3, -0.25) is 9.69 Å². The Labute approximate surface area is 127 Å². The molecule has 0 amide bonds. The highest BCUT2D eigenvalue weighted by molar-refractivity contribution is 5.99. The molecule has 0 spiro atoms. The Morgan fingerprint density at radius 3 is 2.55 bits per heavy atom. The van der Waals surface area contributed by atoms with Gasteiger partial charge >= 0.3 is 6.18 Å². The molecule has 0 aliphatic heterocycles. The number of aryl methyl sites for hydroxylation is 1. The van der Waals surface area contributed by atoms with Crippen molar-refractivity contribution in [2.24, 2.45) is 0 Å². The van der Waals surface area contributed by atoms with Crippen LogP contribution in [0.4, 0.5) is 13.2 Å². The predicted octanol–water partition coefficient (Wildman–Crippen LogP) is 2.31. The van der Waals surface area contributed by atoms with Crippen LogP contribution >= 0.6 is 0 Å². The normalized spacial score (nSPS) is 15.6. The Morgan fingerprint density at radius 2 is 2.05 bits per heavy atom. The SMILES string of the molecule is Cc1cc(C(=O)CN(CCO)C2CC2)c(C)n1CC(F)(F)F.